The average Bonchev–Trinajstić information content (AvgIpc) is 3.11. The molecule has 0 bridgehead atoms. The summed E-state index contributed by atoms with van der Waals surface area (Å²) in [5, 5.41) is 11.5. The van der Waals surface area contributed by atoms with E-state index in [9.17, 15) is 14.4 Å². The number of nitrogens with zero attached hydrogens (tertiary/aromatic N) is 1. The second-order valence-electron chi connectivity index (χ2n) is 6.21. The van der Waals surface area contributed by atoms with Crippen molar-refractivity contribution in [2.45, 2.75) is 19.4 Å². The van der Waals surface area contributed by atoms with E-state index in [4.69, 9.17) is 9.84 Å². The summed E-state index contributed by atoms with van der Waals surface area (Å²) >= 11 is 0. The fourth-order valence-corrected chi connectivity index (χ4v) is 2.91. The van der Waals surface area contributed by atoms with Crippen LogP contribution >= 0.6 is 0 Å². The van der Waals surface area contributed by atoms with E-state index in [1.54, 1.807) is 41.3 Å². The van der Waals surface area contributed by atoms with Crippen molar-refractivity contribution < 1.29 is 24.2 Å². The zero-order valence-electron chi connectivity index (χ0n) is 14.7. The van der Waals surface area contributed by atoms with Gasteiger partial charge < -0.3 is 20.1 Å². The van der Waals surface area contributed by atoms with Crippen LogP contribution in [-0.2, 0) is 16.1 Å². The Bertz CT molecular complexity index is 865. The van der Waals surface area contributed by atoms with Gasteiger partial charge in [-0.05, 0) is 42.3 Å². The molecule has 1 fully saturated rings. The van der Waals surface area contributed by atoms with Crippen LogP contribution in [0.5, 0.6) is 5.75 Å². The molecule has 2 N–H and O–H groups in total. The molecule has 1 aliphatic rings. The minimum Gasteiger partial charge on any atom is -0.482 e. The van der Waals surface area contributed by atoms with Gasteiger partial charge in [-0.25, -0.2) is 4.79 Å². The molecule has 2 aromatic carbocycles. The van der Waals surface area contributed by atoms with Crippen molar-refractivity contribution in [1.29, 1.82) is 0 Å². The van der Waals surface area contributed by atoms with Crippen molar-refractivity contribution in [2.24, 2.45) is 0 Å². The number of benzene rings is 2. The van der Waals surface area contributed by atoms with Crippen LogP contribution in [0.25, 0.3) is 0 Å². The predicted molar refractivity (Wildman–Crippen MR) is 98.8 cm³/mol. The van der Waals surface area contributed by atoms with E-state index in [1.165, 1.54) is 0 Å². The third-order valence-electron chi connectivity index (χ3n) is 4.21. The van der Waals surface area contributed by atoms with Crippen LogP contribution in [0.15, 0.2) is 48.5 Å². The van der Waals surface area contributed by atoms with Crippen LogP contribution in [0.3, 0.4) is 0 Å². The lowest BCUT2D eigenvalue weighted by molar-refractivity contribution is -0.139. The molecule has 3 rings (SSSR count). The highest BCUT2D eigenvalue weighted by Crippen LogP contribution is 2.22. The highest BCUT2D eigenvalue weighted by molar-refractivity contribution is 5.99. The number of carboxylic acids is 1. The van der Waals surface area contributed by atoms with Gasteiger partial charge in [0.05, 0.1) is 0 Å². The topological polar surface area (TPSA) is 95.9 Å². The monoisotopic (exact) mass is 368 g/mol. The molecule has 0 aliphatic carbocycles. The largest absolute Gasteiger partial charge is 0.482 e. The van der Waals surface area contributed by atoms with Gasteiger partial charge in [0.2, 0.25) is 5.91 Å². The molecule has 7 nitrogen and oxygen atoms in total. The minimum absolute atomic E-state index is 0.0748. The van der Waals surface area contributed by atoms with Gasteiger partial charge in [0.1, 0.15) is 5.75 Å². The molecule has 0 saturated carbocycles. The number of rotatable bonds is 7. The number of hydrogen-bond donors (Lipinski definition) is 2. The van der Waals surface area contributed by atoms with Crippen LogP contribution in [0.2, 0.25) is 0 Å². The summed E-state index contributed by atoms with van der Waals surface area (Å²) in [7, 11) is 0. The highest BCUT2D eigenvalue weighted by atomic mass is 16.5. The lowest BCUT2D eigenvalue weighted by atomic mass is 10.1. The number of anilines is 1. The van der Waals surface area contributed by atoms with Crippen molar-refractivity contribution >= 4 is 23.5 Å². The predicted octanol–water partition coefficient (Wildman–Crippen LogP) is 2.21. The number of ether oxygens (including phenoxy) is 1. The Balaban J connectivity index is 1.62. The molecule has 7 heteroatoms. The maximum Gasteiger partial charge on any atom is 0.341 e. The molecule has 0 aromatic heterocycles. The normalized spacial score (nSPS) is 13.5. The second-order valence-corrected chi connectivity index (χ2v) is 6.21. The van der Waals surface area contributed by atoms with Gasteiger partial charge in [0.15, 0.2) is 6.61 Å². The first-order valence-corrected chi connectivity index (χ1v) is 8.65. The molecule has 0 unspecified atom stereocenters. The van der Waals surface area contributed by atoms with Crippen molar-refractivity contribution in [2.75, 3.05) is 18.1 Å². The van der Waals surface area contributed by atoms with E-state index >= 15 is 0 Å². The lowest BCUT2D eigenvalue weighted by Crippen LogP contribution is -2.25. The van der Waals surface area contributed by atoms with Gasteiger partial charge in [-0.15, -0.1) is 0 Å². The molecule has 2 amide bonds. The smallest absolute Gasteiger partial charge is 0.341 e. The molecule has 0 spiro atoms. The maximum atomic E-state index is 12.4. The maximum absolute atomic E-state index is 12.4. The Kier molecular flexibility index (Phi) is 5.71. The van der Waals surface area contributed by atoms with Crippen LogP contribution in [0.1, 0.15) is 28.8 Å². The third-order valence-corrected chi connectivity index (χ3v) is 4.21. The Labute approximate surface area is 156 Å². The Hall–Kier alpha value is -3.35. The number of carbonyl (C=O) groups excluding carboxylic acids is 2. The van der Waals surface area contributed by atoms with Crippen molar-refractivity contribution in [3.63, 3.8) is 0 Å². The molecule has 1 heterocycles. The fourth-order valence-electron chi connectivity index (χ4n) is 2.91. The third kappa shape index (κ3) is 4.84. The molecule has 27 heavy (non-hydrogen) atoms. The van der Waals surface area contributed by atoms with Crippen LogP contribution in [0.4, 0.5) is 5.69 Å². The minimum atomic E-state index is -1.05. The first kappa shape index (κ1) is 18.4. The summed E-state index contributed by atoms with van der Waals surface area (Å²) in [4.78, 5) is 36.6. The first-order valence-electron chi connectivity index (χ1n) is 8.65. The summed E-state index contributed by atoms with van der Waals surface area (Å²) < 4.78 is 5.13. The number of carboxylic acid groups (broad SMARTS) is 1. The summed E-state index contributed by atoms with van der Waals surface area (Å²) in [5.74, 6) is -0.796. The molecule has 0 radical (unpaired) electrons. The molecule has 140 valence electrons. The molecular weight excluding hydrogens is 348 g/mol. The van der Waals surface area contributed by atoms with Gasteiger partial charge >= 0.3 is 5.97 Å². The number of aliphatic carboxylic acids is 1. The van der Waals surface area contributed by atoms with E-state index in [0.717, 1.165) is 17.7 Å². The summed E-state index contributed by atoms with van der Waals surface area (Å²) in [6.45, 7) is 0.529. The van der Waals surface area contributed by atoms with Gasteiger partial charge in [0, 0.05) is 30.8 Å². The highest BCUT2D eigenvalue weighted by Gasteiger charge is 2.22. The van der Waals surface area contributed by atoms with Gasteiger partial charge in [-0.2, -0.15) is 0 Å². The van der Waals surface area contributed by atoms with Crippen molar-refractivity contribution in [3.05, 3.63) is 59.7 Å². The van der Waals surface area contributed by atoms with E-state index in [2.05, 4.69) is 5.32 Å². The second kappa shape index (κ2) is 8.35. The summed E-state index contributed by atoms with van der Waals surface area (Å²) in [6, 6.07) is 13.9. The quantitative estimate of drug-likeness (QED) is 0.781. The Morgan fingerprint density at radius 1 is 1.15 bits per heavy atom. The zero-order chi connectivity index (χ0) is 19.2. The van der Waals surface area contributed by atoms with Gasteiger partial charge in [-0.3, -0.25) is 9.59 Å². The number of carbonyl (C=O) groups is 3. The van der Waals surface area contributed by atoms with Gasteiger partial charge in [-0.1, -0.05) is 18.2 Å². The van der Waals surface area contributed by atoms with E-state index in [0.29, 0.717) is 24.3 Å². The van der Waals surface area contributed by atoms with E-state index in [1.807, 2.05) is 12.1 Å². The van der Waals surface area contributed by atoms with E-state index < -0.39 is 12.6 Å². The SMILES string of the molecule is O=C(O)COc1cccc(CNC(=O)c2cccc(N3CCCC3=O)c2)c1. The molecule has 0 atom stereocenters. The van der Waals surface area contributed by atoms with Gasteiger partial charge in [0.25, 0.3) is 5.91 Å². The standard InChI is InChI=1S/C20H20N2O5/c23-18-8-3-9-22(18)16-6-2-5-15(11-16)20(26)21-12-14-4-1-7-17(10-14)27-13-19(24)25/h1-2,4-7,10-11H,3,8-9,12-13H2,(H,21,26)(H,24,25). The van der Waals surface area contributed by atoms with Crippen molar-refractivity contribution in [3.8, 4) is 5.75 Å². The lowest BCUT2D eigenvalue weighted by Gasteiger charge is -2.16. The van der Waals surface area contributed by atoms with Crippen LogP contribution in [-0.4, -0.2) is 36.0 Å². The van der Waals surface area contributed by atoms with Crippen LogP contribution in [0, 0.1) is 0 Å². The molecule has 2 aromatic rings. The molecule has 1 saturated heterocycles. The summed E-state index contributed by atoms with van der Waals surface area (Å²) in [6.07, 6.45) is 1.37. The first-order chi connectivity index (χ1) is 13.0. The Morgan fingerprint density at radius 2 is 1.96 bits per heavy atom. The molecule has 1 aliphatic heterocycles. The van der Waals surface area contributed by atoms with E-state index in [-0.39, 0.29) is 18.4 Å². The van der Waals surface area contributed by atoms with Crippen molar-refractivity contribution in [1.82, 2.24) is 5.32 Å². The fraction of sp³-hybridized carbons (Fsp3) is 0.250. The average molecular weight is 368 g/mol. The zero-order valence-corrected chi connectivity index (χ0v) is 14.7. The summed E-state index contributed by atoms with van der Waals surface area (Å²) in [5.41, 5.74) is 2.00. The number of hydrogen-bond acceptors (Lipinski definition) is 4. The Morgan fingerprint density at radius 3 is 2.70 bits per heavy atom. The number of amides is 2. The molecular formula is C20H20N2O5. The van der Waals surface area contributed by atoms with Crippen LogP contribution < -0.4 is 15.0 Å². The number of nitrogens with one attached hydrogen (secondary N) is 1.